The van der Waals surface area contributed by atoms with Gasteiger partial charge in [0.25, 0.3) is 0 Å². The van der Waals surface area contributed by atoms with E-state index in [1.165, 1.54) is 0 Å². The van der Waals surface area contributed by atoms with Crippen molar-refractivity contribution in [2.45, 2.75) is 33.7 Å². The van der Waals surface area contributed by atoms with Crippen molar-refractivity contribution in [2.75, 3.05) is 52.4 Å². The molecule has 2 heterocycles. The van der Waals surface area contributed by atoms with E-state index in [4.69, 9.17) is 9.73 Å². The van der Waals surface area contributed by atoms with Crippen molar-refractivity contribution in [3.63, 3.8) is 0 Å². The zero-order valence-corrected chi connectivity index (χ0v) is 19.2. The molecule has 0 amide bonds. The second-order valence-electron chi connectivity index (χ2n) is 8.27. The number of aliphatic imine (C=N–C) groups is 1. The summed E-state index contributed by atoms with van der Waals surface area (Å²) in [6, 6.07) is 10.0. The Balaban J connectivity index is 1.44. The summed E-state index contributed by atoms with van der Waals surface area (Å²) in [5, 5.41) is 11.8. The average molecular weight is 428 g/mol. The summed E-state index contributed by atoms with van der Waals surface area (Å²) >= 11 is 0. The quantitative estimate of drug-likeness (QED) is 0.463. The summed E-state index contributed by atoms with van der Waals surface area (Å²) in [5.41, 5.74) is 0. The Morgan fingerprint density at radius 3 is 2.61 bits per heavy atom. The van der Waals surface area contributed by atoms with Crippen molar-refractivity contribution >= 4 is 5.96 Å². The van der Waals surface area contributed by atoms with Gasteiger partial charge in [0.05, 0.1) is 0 Å². The maximum Gasteiger partial charge on any atom is 0.194 e. The van der Waals surface area contributed by atoms with E-state index in [0.29, 0.717) is 5.92 Å². The second kappa shape index (κ2) is 12.3. The van der Waals surface area contributed by atoms with Gasteiger partial charge in [-0.3, -0.25) is 9.89 Å². The third-order valence-corrected chi connectivity index (χ3v) is 5.35. The van der Waals surface area contributed by atoms with Crippen LogP contribution < -0.4 is 10.1 Å². The van der Waals surface area contributed by atoms with Gasteiger partial charge in [0.2, 0.25) is 0 Å². The molecule has 0 atom stereocenters. The molecule has 170 valence electrons. The van der Waals surface area contributed by atoms with Gasteiger partial charge in [-0.2, -0.15) is 0 Å². The van der Waals surface area contributed by atoms with Crippen molar-refractivity contribution in [2.24, 2.45) is 10.9 Å². The van der Waals surface area contributed by atoms with Crippen LogP contribution in [0.15, 0.2) is 41.7 Å². The lowest BCUT2D eigenvalue weighted by Gasteiger charge is -2.36. The summed E-state index contributed by atoms with van der Waals surface area (Å²) in [4.78, 5) is 9.72. The Kier molecular flexibility index (Phi) is 9.15. The first kappa shape index (κ1) is 23.1. The van der Waals surface area contributed by atoms with Gasteiger partial charge in [0.15, 0.2) is 5.96 Å². The van der Waals surface area contributed by atoms with Crippen LogP contribution in [0.1, 0.15) is 26.6 Å². The van der Waals surface area contributed by atoms with Crippen LogP contribution in [0.5, 0.6) is 5.75 Å². The fourth-order valence-electron chi connectivity index (χ4n) is 3.56. The van der Waals surface area contributed by atoms with Crippen molar-refractivity contribution in [3.8, 4) is 5.75 Å². The van der Waals surface area contributed by atoms with Crippen LogP contribution in [-0.2, 0) is 13.0 Å². The highest BCUT2D eigenvalue weighted by atomic mass is 16.5. The van der Waals surface area contributed by atoms with Gasteiger partial charge in [0, 0.05) is 58.8 Å². The lowest BCUT2D eigenvalue weighted by Crippen LogP contribution is -2.53. The number of guanidine groups is 1. The van der Waals surface area contributed by atoms with Crippen LogP contribution >= 0.6 is 0 Å². The van der Waals surface area contributed by atoms with Crippen molar-refractivity contribution in [1.82, 2.24) is 29.9 Å². The molecule has 0 radical (unpaired) electrons. The SMILES string of the molecule is CCc1nncn1CCNC(=NCC(C)C)N1CCN(CCOc2ccccc2)CC1. The molecule has 1 aliphatic heterocycles. The zero-order chi connectivity index (χ0) is 21.9. The van der Waals surface area contributed by atoms with Crippen LogP contribution in [-0.4, -0.2) is 82.9 Å². The number of hydrogen-bond acceptors (Lipinski definition) is 5. The summed E-state index contributed by atoms with van der Waals surface area (Å²) in [6.45, 7) is 14.7. The Bertz CT molecular complexity index is 782. The van der Waals surface area contributed by atoms with Crippen molar-refractivity contribution in [3.05, 3.63) is 42.5 Å². The summed E-state index contributed by atoms with van der Waals surface area (Å²) in [5.74, 6) is 3.51. The van der Waals surface area contributed by atoms with Gasteiger partial charge < -0.3 is 19.5 Å². The van der Waals surface area contributed by atoms with Crippen LogP contribution in [0.25, 0.3) is 0 Å². The third kappa shape index (κ3) is 7.54. The molecule has 1 aliphatic rings. The molecular formula is C23H37N7O. The number of hydrogen-bond donors (Lipinski definition) is 1. The molecule has 0 unspecified atom stereocenters. The molecule has 2 aromatic rings. The number of rotatable bonds is 10. The maximum atomic E-state index is 5.85. The lowest BCUT2D eigenvalue weighted by molar-refractivity contribution is 0.152. The number of piperazine rings is 1. The monoisotopic (exact) mass is 427 g/mol. The molecule has 1 saturated heterocycles. The van der Waals surface area contributed by atoms with E-state index in [-0.39, 0.29) is 0 Å². The number of benzene rings is 1. The predicted octanol–water partition coefficient (Wildman–Crippen LogP) is 2.14. The van der Waals surface area contributed by atoms with Crippen LogP contribution in [0.4, 0.5) is 0 Å². The smallest absolute Gasteiger partial charge is 0.194 e. The number of para-hydroxylation sites is 1. The summed E-state index contributed by atoms with van der Waals surface area (Å²) < 4.78 is 7.96. The number of nitrogens with zero attached hydrogens (tertiary/aromatic N) is 6. The highest BCUT2D eigenvalue weighted by Crippen LogP contribution is 2.09. The van der Waals surface area contributed by atoms with Crippen molar-refractivity contribution in [1.29, 1.82) is 0 Å². The highest BCUT2D eigenvalue weighted by Gasteiger charge is 2.19. The topological polar surface area (TPSA) is 70.8 Å². The van der Waals surface area contributed by atoms with Gasteiger partial charge >= 0.3 is 0 Å². The van der Waals surface area contributed by atoms with E-state index in [2.05, 4.69) is 50.7 Å². The molecule has 3 rings (SSSR count). The molecule has 1 N–H and O–H groups in total. The van der Waals surface area contributed by atoms with E-state index in [1.54, 1.807) is 0 Å². The standard InChI is InChI=1S/C23H37N7O/c1-4-22-27-26-19-30(22)11-10-24-23(25-18-20(2)3)29-14-12-28(13-15-29)16-17-31-21-8-6-5-7-9-21/h5-9,19-20H,4,10-18H2,1-3H3,(H,24,25). The molecule has 31 heavy (non-hydrogen) atoms. The van der Waals surface area contributed by atoms with Crippen LogP contribution in [0.2, 0.25) is 0 Å². The highest BCUT2D eigenvalue weighted by molar-refractivity contribution is 5.80. The number of aromatic nitrogens is 3. The average Bonchev–Trinajstić information content (AvgIpc) is 3.25. The molecular weight excluding hydrogens is 390 g/mol. The maximum absolute atomic E-state index is 5.85. The number of aryl methyl sites for hydroxylation is 1. The number of nitrogens with one attached hydrogen (secondary N) is 1. The minimum atomic E-state index is 0.540. The van der Waals surface area contributed by atoms with Gasteiger partial charge in [-0.25, -0.2) is 0 Å². The van der Waals surface area contributed by atoms with E-state index >= 15 is 0 Å². The third-order valence-electron chi connectivity index (χ3n) is 5.35. The van der Waals surface area contributed by atoms with Crippen molar-refractivity contribution < 1.29 is 4.74 Å². The molecule has 0 spiro atoms. The Morgan fingerprint density at radius 2 is 1.90 bits per heavy atom. The minimum Gasteiger partial charge on any atom is -0.492 e. The fraction of sp³-hybridized carbons (Fsp3) is 0.609. The molecule has 0 aliphatic carbocycles. The van der Waals surface area contributed by atoms with Gasteiger partial charge in [-0.15, -0.1) is 10.2 Å². The lowest BCUT2D eigenvalue weighted by atomic mass is 10.2. The van der Waals surface area contributed by atoms with E-state index < -0.39 is 0 Å². The van der Waals surface area contributed by atoms with E-state index in [1.807, 2.05) is 36.7 Å². The van der Waals surface area contributed by atoms with E-state index in [9.17, 15) is 0 Å². The largest absolute Gasteiger partial charge is 0.492 e. The predicted molar refractivity (Wildman–Crippen MR) is 124 cm³/mol. The normalized spacial score (nSPS) is 15.5. The first-order valence-corrected chi connectivity index (χ1v) is 11.5. The second-order valence-corrected chi connectivity index (χ2v) is 8.27. The summed E-state index contributed by atoms with van der Waals surface area (Å²) in [6.07, 6.45) is 2.70. The first-order chi connectivity index (χ1) is 15.2. The van der Waals surface area contributed by atoms with Gasteiger partial charge in [-0.05, 0) is 18.1 Å². The molecule has 1 aromatic carbocycles. The molecule has 8 heteroatoms. The zero-order valence-electron chi connectivity index (χ0n) is 19.2. The van der Waals surface area contributed by atoms with E-state index in [0.717, 1.165) is 82.9 Å². The Hall–Kier alpha value is -2.61. The van der Waals surface area contributed by atoms with Crippen LogP contribution in [0, 0.1) is 5.92 Å². The van der Waals surface area contributed by atoms with Gasteiger partial charge in [-0.1, -0.05) is 39.0 Å². The Morgan fingerprint density at radius 1 is 1.13 bits per heavy atom. The number of ether oxygens (including phenoxy) is 1. The molecule has 0 saturated carbocycles. The van der Waals surface area contributed by atoms with Gasteiger partial charge in [0.1, 0.15) is 24.5 Å². The molecule has 1 fully saturated rings. The molecule has 8 nitrogen and oxygen atoms in total. The summed E-state index contributed by atoms with van der Waals surface area (Å²) in [7, 11) is 0. The fourth-order valence-corrected chi connectivity index (χ4v) is 3.56. The molecule has 1 aromatic heterocycles. The first-order valence-electron chi connectivity index (χ1n) is 11.5. The van der Waals surface area contributed by atoms with Crippen LogP contribution in [0.3, 0.4) is 0 Å². The Labute approximate surface area is 186 Å². The minimum absolute atomic E-state index is 0.540. The molecule has 0 bridgehead atoms.